The monoisotopic (exact) mass is 240 g/mol. The Morgan fingerprint density at radius 3 is 3.06 bits per heavy atom. The number of nitrogens with zero attached hydrogens (tertiary/aromatic N) is 3. The molecule has 6 heteroatoms. The maximum Gasteiger partial charge on any atom is 0.188 e. The van der Waals surface area contributed by atoms with Crippen LogP contribution < -0.4 is 10.6 Å². The predicted molar refractivity (Wildman–Crippen MR) is 68.4 cm³/mol. The second-order valence-electron chi connectivity index (χ2n) is 3.30. The molecule has 0 aliphatic heterocycles. The van der Waals surface area contributed by atoms with Gasteiger partial charge in [-0.1, -0.05) is 5.16 Å². The number of amidine groups is 1. The average molecular weight is 240 g/mol. The molecule has 1 heterocycles. The molecule has 1 rings (SSSR count). The number of pyridine rings is 1. The number of anilines is 1. The summed E-state index contributed by atoms with van der Waals surface area (Å²) in [4.78, 5) is 6.13. The Labute approximate surface area is 99.3 Å². The summed E-state index contributed by atoms with van der Waals surface area (Å²) in [5, 5.41) is 11.5. The summed E-state index contributed by atoms with van der Waals surface area (Å²) < 4.78 is 0. The molecule has 0 aromatic carbocycles. The molecule has 0 aliphatic carbocycles. The molecule has 0 amide bonds. The molecule has 0 fully saturated rings. The number of oxime groups is 1. The lowest BCUT2D eigenvalue weighted by molar-refractivity contribution is 0.318. The van der Waals surface area contributed by atoms with Crippen molar-refractivity contribution in [3.8, 4) is 0 Å². The minimum atomic E-state index is 0.0279. The van der Waals surface area contributed by atoms with Crippen molar-refractivity contribution in [1.82, 2.24) is 4.98 Å². The molecule has 0 bridgehead atoms. The fourth-order valence-corrected chi connectivity index (χ4v) is 1.66. The first-order valence-corrected chi connectivity index (χ1v) is 6.22. The van der Waals surface area contributed by atoms with Gasteiger partial charge in [0.25, 0.3) is 0 Å². The van der Waals surface area contributed by atoms with Crippen LogP contribution in [0, 0.1) is 0 Å². The zero-order valence-electron chi connectivity index (χ0n) is 9.42. The summed E-state index contributed by atoms with van der Waals surface area (Å²) in [6.45, 7) is 0.945. The van der Waals surface area contributed by atoms with Crippen molar-refractivity contribution in [2.45, 2.75) is 0 Å². The van der Waals surface area contributed by atoms with Gasteiger partial charge in [0.05, 0.1) is 0 Å². The van der Waals surface area contributed by atoms with Gasteiger partial charge >= 0.3 is 0 Å². The molecule has 0 unspecified atom stereocenters. The molecule has 0 saturated carbocycles. The molecule has 1 aromatic rings. The summed E-state index contributed by atoms with van der Waals surface area (Å²) in [7, 11) is 2.00. The van der Waals surface area contributed by atoms with E-state index >= 15 is 0 Å². The van der Waals surface area contributed by atoms with Crippen LogP contribution in [0.1, 0.15) is 5.69 Å². The molecule has 1 aromatic heterocycles. The third-order valence-corrected chi connectivity index (χ3v) is 2.78. The topological polar surface area (TPSA) is 74.7 Å². The highest BCUT2D eigenvalue weighted by molar-refractivity contribution is 7.98. The van der Waals surface area contributed by atoms with Crippen molar-refractivity contribution in [3.63, 3.8) is 0 Å². The van der Waals surface area contributed by atoms with Crippen LogP contribution in [0.25, 0.3) is 0 Å². The molecule has 3 N–H and O–H groups in total. The molecule has 0 spiro atoms. The lowest BCUT2D eigenvalue weighted by atomic mass is 10.3. The number of thioether (sulfide) groups is 1. The Morgan fingerprint density at radius 1 is 1.69 bits per heavy atom. The van der Waals surface area contributed by atoms with Gasteiger partial charge in [-0.15, -0.1) is 0 Å². The third-order valence-electron chi connectivity index (χ3n) is 2.19. The Bertz CT molecular complexity index is 370. The smallest absolute Gasteiger partial charge is 0.188 e. The number of rotatable bonds is 5. The van der Waals surface area contributed by atoms with Crippen LogP contribution in [0.2, 0.25) is 0 Å². The lowest BCUT2D eigenvalue weighted by Crippen LogP contribution is -2.21. The normalized spacial score (nSPS) is 11.5. The zero-order valence-corrected chi connectivity index (χ0v) is 10.2. The molecular weight excluding hydrogens is 224 g/mol. The van der Waals surface area contributed by atoms with Crippen LogP contribution in [0.4, 0.5) is 5.69 Å². The second-order valence-corrected chi connectivity index (χ2v) is 4.28. The fraction of sp³-hybridized carbons (Fsp3) is 0.400. The Morgan fingerprint density at radius 2 is 2.44 bits per heavy atom. The van der Waals surface area contributed by atoms with Crippen molar-refractivity contribution < 1.29 is 5.21 Å². The van der Waals surface area contributed by atoms with Crippen LogP contribution in [-0.4, -0.2) is 41.6 Å². The molecule has 0 saturated heterocycles. The van der Waals surface area contributed by atoms with Gasteiger partial charge in [0, 0.05) is 31.2 Å². The predicted octanol–water partition coefficient (Wildman–Crippen LogP) is 0.975. The van der Waals surface area contributed by atoms with Gasteiger partial charge in [-0.2, -0.15) is 11.8 Å². The van der Waals surface area contributed by atoms with E-state index < -0.39 is 0 Å². The summed E-state index contributed by atoms with van der Waals surface area (Å²) in [5.41, 5.74) is 6.97. The maximum atomic E-state index is 8.57. The second kappa shape index (κ2) is 6.22. The van der Waals surface area contributed by atoms with Crippen molar-refractivity contribution in [1.29, 1.82) is 0 Å². The van der Waals surface area contributed by atoms with Gasteiger partial charge in [-0.05, 0) is 18.4 Å². The van der Waals surface area contributed by atoms with E-state index in [0.29, 0.717) is 5.69 Å². The van der Waals surface area contributed by atoms with E-state index in [2.05, 4.69) is 21.3 Å². The van der Waals surface area contributed by atoms with Crippen LogP contribution in [-0.2, 0) is 0 Å². The highest BCUT2D eigenvalue weighted by Crippen LogP contribution is 2.13. The van der Waals surface area contributed by atoms with E-state index in [1.165, 1.54) is 0 Å². The van der Waals surface area contributed by atoms with Crippen molar-refractivity contribution >= 4 is 23.3 Å². The van der Waals surface area contributed by atoms with Gasteiger partial charge in [-0.25, -0.2) is 0 Å². The summed E-state index contributed by atoms with van der Waals surface area (Å²) >= 11 is 1.79. The van der Waals surface area contributed by atoms with E-state index in [0.717, 1.165) is 18.0 Å². The number of nitrogens with two attached hydrogens (primary N) is 1. The number of hydrogen-bond donors (Lipinski definition) is 2. The highest BCUT2D eigenvalue weighted by atomic mass is 32.2. The first kappa shape index (κ1) is 12.6. The number of aromatic nitrogens is 1. The molecule has 88 valence electrons. The SMILES string of the molecule is CSCCN(C)c1ccnc(/C(N)=N/O)c1. The molecule has 5 nitrogen and oxygen atoms in total. The first-order valence-electron chi connectivity index (χ1n) is 4.83. The molecule has 0 atom stereocenters. The minimum absolute atomic E-state index is 0.0279. The van der Waals surface area contributed by atoms with Crippen molar-refractivity contribution in [2.75, 3.05) is 30.5 Å². The molecule has 16 heavy (non-hydrogen) atoms. The minimum Gasteiger partial charge on any atom is -0.409 e. The van der Waals surface area contributed by atoms with Crippen LogP contribution in [0.15, 0.2) is 23.5 Å². The molecule has 0 radical (unpaired) electrons. The van der Waals surface area contributed by atoms with Gasteiger partial charge in [0.15, 0.2) is 5.84 Å². The maximum absolute atomic E-state index is 8.57. The summed E-state index contributed by atoms with van der Waals surface area (Å²) in [6.07, 6.45) is 3.72. The Kier molecular flexibility index (Phi) is 4.91. The lowest BCUT2D eigenvalue weighted by Gasteiger charge is -2.18. The fourth-order valence-electron chi connectivity index (χ4n) is 1.21. The van der Waals surface area contributed by atoms with Crippen LogP contribution >= 0.6 is 11.8 Å². The van der Waals surface area contributed by atoms with Crippen LogP contribution in [0.3, 0.4) is 0 Å². The van der Waals surface area contributed by atoms with Gasteiger partial charge in [-0.3, -0.25) is 4.98 Å². The highest BCUT2D eigenvalue weighted by Gasteiger charge is 2.05. The molecule has 0 aliphatic rings. The quantitative estimate of drug-likeness (QED) is 0.347. The first-order chi connectivity index (χ1) is 7.69. The van der Waals surface area contributed by atoms with E-state index in [9.17, 15) is 0 Å². The largest absolute Gasteiger partial charge is 0.409 e. The van der Waals surface area contributed by atoms with Crippen LogP contribution in [0.5, 0.6) is 0 Å². The van der Waals surface area contributed by atoms with Crippen molar-refractivity contribution in [3.05, 3.63) is 24.0 Å². The van der Waals surface area contributed by atoms with E-state index in [1.807, 2.05) is 13.1 Å². The average Bonchev–Trinajstić information content (AvgIpc) is 2.35. The van der Waals surface area contributed by atoms with Gasteiger partial charge in [0.2, 0.25) is 0 Å². The van der Waals surface area contributed by atoms with Gasteiger partial charge < -0.3 is 15.8 Å². The van der Waals surface area contributed by atoms with Gasteiger partial charge in [0.1, 0.15) is 5.69 Å². The molecular formula is C10H16N4OS. The standard InChI is InChI=1S/C10H16N4OS/c1-14(5-6-16-2)8-3-4-12-9(7-8)10(11)13-15/h3-4,7,15H,5-6H2,1-2H3,(H2,11,13). The van der Waals surface area contributed by atoms with E-state index in [1.54, 1.807) is 24.0 Å². The van der Waals surface area contributed by atoms with Crippen molar-refractivity contribution in [2.24, 2.45) is 10.9 Å². The Balaban J connectivity index is 2.81. The third kappa shape index (κ3) is 3.30. The summed E-state index contributed by atoms with van der Waals surface area (Å²) in [6, 6.07) is 3.70. The zero-order chi connectivity index (χ0) is 12.0. The van der Waals surface area contributed by atoms with E-state index in [-0.39, 0.29) is 5.84 Å². The summed E-state index contributed by atoms with van der Waals surface area (Å²) in [5.74, 6) is 1.08. The van der Waals surface area contributed by atoms with E-state index in [4.69, 9.17) is 10.9 Å². The Hall–Kier alpha value is -1.43. The number of hydrogen-bond acceptors (Lipinski definition) is 5.